The molecule has 1 unspecified atom stereocenters. The number of nitrogens with one attached hydrogen (secondary N) is 1. The molecule has 0 heterocycles. The Labute approximate surface area is 124 Å². The summed E-state index contributed by atoms with van der Waals surface area (Å²) in [5.74, 6) is 1.08. The SMILES string of the molecule is COc1ccc([N+](=O)[O-])c(NC(CN)C2CCCCC2)c1. The summed E-state index contributed by atoms with van der Waals surface area (Å²) < 4.78 is 5.16. The Morgan fingerprint density at radius 2 is 2.14 bits per heavy atom. The molecule has 1 atom stereocenters. The first-order chi connectivity index (χ1) is 10.2. The van der Waals surface area contributed by atoms with Crippen molar-refractivity contribution in [2.75, 3.05) is 19.0 Å². The van der Waals surface area contributed by atoms with E-state index in [1.807, 2.05) is 0 Å². The van der Waals surface area contributed by atoms with E-state index in [0.29, 0.717) is 23.9 Å². The largest absolute Gasteiger partial charge is 0.497 e. The number of anilines is 1. The van der Waals surface area contributed by atoms with Gasteiger partial charge in [0.1, 0.15) is 11.4 Å². The average Bonchev–Trinajstić information content (AvgIpc) is 2.53. The Morgan fingerprint density at radius 3 is 2.71 bits per heavy atom. The summed E-state index contributed by atoms with van der Waals surface area (Å²) in [5, 5.41) is 14.4. The average molecular weight is 293 g/mol. The zero-order chi connectivity index (χ0) is 15.2. The Balaban J connectivity index is 2.20. The van der Waals surface area contributed by atoms with Gasteiger partial charge < -0.3 is 15.8 Å². The first-order valence-electron chi connectivity index (χ1n) is 7.44. The second-order valence-electron chi connectivity index (χ2n) is 5.52. The zero-order valence-corrected chi connectivity index (χ0v) is 12.4. The van der Waals surface area contributed by atoms with Crippen molar-refractivity contribution in [3.63, 3.8) is 0 Å². The summed E-state index contributed by atoms with van der Waals surface area (Å²) in [5.41, 5.74) is 6.43. The summed E-state index contributed by atoms with van der Waals surface area (Å²) in [7, 11) is 1.55. The maximum atomic E-state index is 11.2. The smallest absolute Gasteiger partial charge is 0.292 e. The molecule has 1 aliphatic rings. The Hall–Kier alpha value is -1.82. The van der Waals surface area contributed by atoms with Gasteiger partial charge >= 0.3 is 0 Å². The fraction of sp³-hybridized carbons (Fsp3) is 0.600. The summed E-state index contributed by atoms with van der Waals surface area (Å²) in [6.07, 6.45) is 5.96. The number of nitrogens with zero attached hydrogens (tertiary/aromatic N) is 1. The molecule has 116 valence electrons. The standard InChI is InChI=1S/C15H23N3O3/c1-21-12-7-8-15(18(19)20)13(9-12)17-14(10-16)11-5-3-2-4-6-11/h7-9,11,14,17H,2-6,10,16H2,1H3. The van der Waals surface area contributed by atoms with Crippen LogP contribution in [0.4, 0.5) is 11.4 Å². The maximum Gasteiger partial charge on any atom is 0.292 e. The molecule has 6 nitrogen and oxygen atoms in total. The molecule has 1 aromatic rings. The zero-order valence-electron chi connectivity index (χ0n) is 12.4. The number of benzene rings is 1. The van der Waals surface area contributed by atoms with Crippen molar-refractivity contribution in [3.8, 4) is 5.75 Å². The van der Waals surface area contributed by atoms with E-state index in [0.717, 1.165) is 12.8 Å². The van der Waals surface area contributed by atoms with Crippen LogP contribution in [0.2, 0.25) is 0 Å². The van der Waals surface area contributed by atoms with Gasteiger partial charge in [0, 0.05) is 24.7 Å². The third kappa shape index (κ3) is 3.85. The van der Waals surface area contributed by atoms with Crippen LogP contribution in [0.1, 0.15) is 32.1 Å². The van der Waals surface area contributed by atoms with Crippen LogP contribution in [0.3, 0.4) is 0 Å². The van der Waals surface area contributed by atoms with Gasteiger partial charge in [0.05, 0.1) is 12.0 Å². The van der Waals surface area contributed by atoms with Gasteiger partial charge in [0.2, 0.25) is 0 Å². The number of rotatable bonds is 6. The van der Waals surface area contributed by atoms with Crippen molar-refractivity contribution >= 4 is 11.4 Å². The lowest BCUT2D eigenvalue weighted by Gasteiger charge is -2.30. The lowest BCUT2D eigenvalue weighted by molar-refractivity contribution is -0.384. The molecule has 6 heteroatoms. The molecule has 0 saturated heterocycles. The van der Waals surface area contributed by atoms with E-state index < -0.39 is 0 Å². The van der Waals surface area contributed by atoms with Crippen LogP contribution in [0.25, 0.3) is 0 Å². The third-order valence-corrected chi connectivity index (χ3v) is 4.21. The molecule has 0 aromatic heterocycles. The van der Waals surface area contributed by atoms with Crippen molar-refractivity contribution in [2.24, 2.45) is 11.7 Å². The van der Waals surface area contributed by atoms with Crippen LogP contribution < -0.4 is 15.8 Å². The molecule has 0 radical (unpaired) electrons. The van der Waals surface area contributed by atoms with Crippen LogP contribution in [-0.2, 0) is 0 Å². The van der Waals surface area contributed by atoms with E-state index >= 15 is 0 Å². The van der Waals surface area contributed by atoms with Crippen molar-refractivity contribution < 1.29 is 9.66 Å². The lowest BCUT2D eigenvalue weighted by Crippen LogP contribution is -2.37. The molecule has 21 heavy (non-hydrogen) atoms. The highest BCUT2D eigenvalue weighted by Gasteiger charge is 2.25. The monoisotopic (exact) mass is 293 g/mol. The quantitative estimate of drug-likeness (QED) is 0.621. The molecule has 0 aliphatic heterocycles. The van der Waals surface area contributed by atoms with E-state index in [1.54, 1.807) is 19.2 Å². The predicted octanol–water partition coefficient (Wildman–Crippen LogP) is 2.92. The van der Waals surface area contributed by atoms with Crippen LogP contribution >= 0.6 is 0 Å². The third-order valence-electron chi connectivity index (χ3n) is 4.21. The number of ether oxygens (including phenoxy) is 1. The van der Waals surface area contributed by atoms with E-state index in [-0.39, 0.29) is 16.7 Å². The number of nitro benzene ring substituents is 1. The van der Waals surface area contributed by atoms with Crippen LogP contribution in [-0.4, -0.2) is 24.6 Å². The minimum Gasteiger partial charge on any atom is -0.497 e. The molecule has 0 spiro atoms. The molecule has 1 aliphatic carbocycles. The molecular weight excluding hydrogens is 270 g/mol. The lowest BCUT2D eigenvalue weighted by atomic mass is 9.84. The van der Waals surface area contributed by atoms with E-state index in [2.05, 4.69) is 5.32 Å². The van der Waals surface area contributed by atoms with E-state index in [1.165, 1.54) is 25.3 Å². The molecule has 1 saturated carbocycles. The van der Waals surface area contributed by atoms with Crippen molar-refractivity contribution in [3.05, 3.63) is 28.3 Å². The normalized spacial score (nSPS) is 17.2. The predicted molar refractivity (Wildman–Crippen MR) is 82.7 cm³/mol. The highest BCUT2D eigenvalue weighted by molar-refractivity contribution is 5.64. The number of hydrogen-bond donors (Lipinski definition) is 2. The maximum absolute atomic E-state index is 11.2. The molecule has 0 amide bonds. The van der Waals surface area contributed by atoms with Crippen molar-refractivity contribution in [1.82, 2.24) is 0 Å². The van der Waals surface area contributed by atoms with Gasteiger partial charge in [0.15, 0.2) is 0 Å². The molecular formula is C15H23N3O3. The van der Waals surface area contributed by atoms with E-state index in [4.69, 9.17) is 10.5 Å². The second kappa shape index (κ2) is 7.26. The molecule has 2 rings (SSSR count). The topological polar surface area (TPSA) is 90.4 Å². The molecule has 1 aromatic carbocycles. The number of nitrogens with two attached hydrogens (primary N) is 1. The fourth-order valence-corrected chi connectivity index (χ4v) is 3.02. The van der Waals surface area contributed by atoms with Gasteiger partial charge in [-0.25, -0.2) is 0 Å². The minimum atomic E-state index is -0.379. The fourth-order valence-electron chi connectivity index (χ4n) is 3.02. The highest BCUT2D eigenvalue weighted by Crippen LogP contribution is 2.33. The molecule has 3 N–H and O–H groups in total. The molecule has 0 bridgehead atoms. The summed E-state index contributed by atoms with van der Waals surface area (Å²) in [6.45, 7) is 0.471. The van der Waals surface area contributed by atoms with Gasteiger partial charge in [-0.2, -0.15) is 0 Å². The number of methoxy groups -OCH3 is 1. The summed E-state index contributed by atoms with van der Waals surface area (Å²) in [6, 6.07) is 4.80. The summed E-state index contributed by atoms with van der Waals surface area (Å²) in [4.78, 5) is 10.8. The van der Waals surface area contributed by atoms with Gasteiger partial charge in [0.25, 0.3) is 5.69 Å². The molecule has 1 fully saturated rings. The van der Waals surface area contributed by atoms with Gasteiger partial charge in [-0.3, -0.25) is 10.1 Å². The van der Waals surface area contributed by atoms with Crippen molar-refractivity contribution in [1.29, 1.82) is 0 Å². The van der Waals surface area contributed by atoms with Gasteiger partial charge in [-0.05, 0) is 24.8 Å². The van der Waals surface area contributed by atoms with Gasteiger partial charge in [-0.15, -0.1) is 0 Å². The Bertz CT molecular complexity index is 487. The number of nitro groups is 1. The van der Waals surface area contributed by atoms with Crippen LogP contribution in [0.15, 0.2) is 18.2 Å². The first kappa shape index (κ1) is 15.6. The Kier molecular flexibility index (Phi) is 5.38. The van der Waals surface area contributed by atoms with Crippen molar-refractivity contribution in [2.45, 2.75) is 38.1 Å². The van der Waals surface area contributed by atoms with Gasteiger partial charge in [-0.1, -0.05) is 19.3 Å². The van der Waals surface area contributed by atoms with Crippen LogP contribution in [0, 0.1) is 16.0 Å². The van der Waals surface area contributed by atoms with Crippen LogP contribution in [0.5, 0.6) is 5.75 Å². The number of hydrogen-bond acceptors (Lipinski definition) is 5. The minimum absolute atomic E-state index is 0.0602. The Morgan fingerprint density at radius 1 is 1.43 bits per heavy atom. The highest BCUT2D eigenvalue weighted by atomic mass is 16.6. The first-order valence-corrected chi connectivity index (χ1v) is 7.44. The second-order valence-corrected chi connectivity index (χ2v) is 5.52. The summed E-state index contributed by atoms with van der Waals surface area (Å²) >= 11 is 0. The van der Waals surface area contributed by atoms with E-state index in [9.17, 15) is 10.1 Å².